The molecule has 0 aliphatic carbocycles. The molecule has 1 rings (SSSR count). The lowest BCUT2D eigenvalue weighted by Gasteiger charge is -2.13. The zero-order valence-corrected chi connectivity index (χ0v) is 12.5. The second kappa shape index (κ2) is 7.25. The molecule has 0 unspecified atom stereocenters. The van der Waals surface area contributed by atoms with Gasteiger partial charge in [-0.2, -0.15) is 0 Å². The Morgan fingerprint density at radius 3 is 2.58 bits per heavy atom. The smallest absolute Gasteiger partial charge is 0.313 e. The van der Waals surface area contributed by atoms with Crippen molar-refractivity contribution in [3.05, 3.63) is 28.2 Å². The second-order valence-electron chi connectivity index (χ2n) is 4.18. The molecule has 5 nitrogen and oxygen atoms in total. The fourth-order valence-corrected chi connectivity index (χ4v) is 1.68. The summed E-state index contributed by atoms with van der Waals surface area (Å²) in [6.45, 7) is 3.52. The number of halogens is 1. The quantitative estimate of drug-likeness (QED) is 0.734. The number of carbonyl (C=O) groups is 2. The Labute approximate surface area is 120 Å². The van der Waals surface area contributed by atoms with E-state index in [1.807, 2.05) is 13.8 Å². The van der Waals surface area contributed by atoms with Gasteiger partial charge in [0.25, 0.3) is 0 Å². The predicted molar refractivity (Wildman–Crippen MR) is 76.8 cm³/mol. The highest BCUT2D eigenvalue weighted by Crippen LogP contribution is 2.19. The van der Waals surface area contributed by atoms with Crippen LogP contribution in [0.25, 0.3) is 0 Å². The van der Waals surface area contributed by atoms with Crippen LogP contribution in [0.3, 0.4) is 0 Å². The fourth-order valence-electron chi connectivity index (χ4n) is 1.44. The SMILES string of the molecule is CC[C@H](CO)NC(=O)C(=O)Nc1ccc(Br)c(C)c1. The molecule has 1 aromatic rings. The number of hydrogen-bond acceptors (Lipinski definition) is 3. The van der Waals surface area contributed by atoms with Gasteiger partial charge in [-0.05, 0) is 37.1 Å². The summed E-state index contributed by atoms with van der Waals surface area (Å²) in [5.41, 5.74) is 1.51. The van der Waals surface area contributed by atoms with Crippen molar-refractivity contribution in [2.24, 2.45) is 0 Å². The summed E-state index contributed by atoms with van der Waals surface area (Å²) in [4.78, 5) is 23.2. The van der Waals surface area contributed by atoms with E-state index in [1.54, 1.807) is 18.2 Å². The lowest BCUT2D eigenvalue weighted by molar-refractivity contribution is -0.136. The summed E-state index contributed by atoms with van der Waals surface area (Å²) in [5, 5.41) is 13.9. The second-order valence-corrected chi connectivity index (χ2v) is 5.03. The largest absolute Gasteiger partial charge is 0.394 e. The zero-order valence-electron chi connectivity index (χ0n) is 10.9. The zero-order chi connectivity index (χ0) is 14.4. The summed E-state index contributed by atoms with van der Waals surface area (Å²) < 4.78 is 0.932. The van der Waals surface area contributed by atoms with Crippen LogP contribution in [0.5, 0.6) is 0 Å². The number of anilines is 1. The monoisotopic (exact) mass is 328 g/mol. The Kier molecular flexibility index (Phi) is 5.98. The summed E-state index contributed by atoms with van der Waals surface area (Å²) in [5.74, 6) is -1.49. The van der Waals surface area contributed by atoms with E-state index in [0.717, 1.165) is 10.0 Å². The third-order valence-corrected chi connectivity index (χ3v) is 3.56. The normalized spacial score (nSPS) is 11.8. The average Bonchev–Trinajstić information content (AvgIpc) is 2.39. The molecular weight excluding hydrogens is 312 g/mol. The molecule has 0 spiro atoms. The van der Waals surface area contributed by atoms with Gasteiger partial charge in [0.2, 0.25) is 0 Å². The molecule has 0 heterocycles. The maximum Gasteiger partial charge on any atom is 0.313 e. The number of carbonyl (C=O) groups excluding carboxylic acids is 2. The number of benzene rings is 1. The van der Waals surface area contributed by atoms with Crippen molar-refractivity contribution in [3.8, 4) is 0 Å². The maximum atomic E-state index is 11.7. The van der Waals surface area contributed by atoms with Crippen LogP contribution in [0.15, 0.2) is 22.7 Å². The first-order valence-electron chi connectivity index (χ1n) is 5.96. The molecule has 0 aliphatic heterocycles. The standard InChI is InChI=1S/C13H17BrN2O3/c1-3-9(7-17)15-12(18)13(19)16-10-4-5-11(14)8(2)6-10/h4-6,9,17H,3,7H2,1-2H3,(H,15,18)(H,16,19)/t9-/m1/s1. The Balaban J connectivity index is 2.63. The van der Waals surface area contributed by atoms with Crippen molar-refractivity contribution in [2.45, 2.75) is 26.3 Å². The summed E-state index contributed by atoms with van der Waals surface area (Å²) in [6, 6.07) is 4.86. The Bertz CT molecular complexity index is 473. The number of aliphatic hydroxyl groups excluding tert-OH is 1. The van der Waals surface area contributed by atoms with E-state index in [4.69, 9.17) is 5.11 Å². The van der Waals surface area contributed by atoms with Crippen molar-refractivity contribution < 1.29 is 14.7 Å². The molecule has 0 aromatic heterocycles. The third-order valence-electron chi connectivity index (χ3n) is 2.67. The summed E-state index contributed by atoms with van der Waals surface area (Å²) in [6.07, 6.45) is 0.562. The minimum Gasteiger partial charge on any atom is -0.394 e. The van der Waals surface area contributed by atoms with Crippen LogP contribution < -0.4 is 10.6 Å². The number of hydrogen-bond donors (Lipinski definition) is 3. The number of aliphatic hydroxyl groups is 1. The van der Waals surface area contributed by atoms with Crippen LogP contribution in [0.4, 0.5) is 5.69 Å². The van der Waals surface area contributed by atoms with Crippen LogP contribution >= 0.6 is 15.9 Å². The van der Waals surface area contributed by atoms with E-state index < -0.39 is 17.9 Å². The molecule has 0 bridgehead atoms. The molecular formula is C13H17BrN2O3. The molecule has 0 fully saturated rings. The number of nitrogens with one attached hydrogen (secondary N) is 2. The van der Waals surface area contributed by atoms with Gasteiger partial charge in [0, 0.05) is 10.2 Å². The van der Waals surface area contributed by atoms with Gasteiger partial charge in [0.15, 0.2) is 0 Å². The predicted octanol–water partition coefficient (Wildman–Crippen LogP) is 1.58. The minimum atomic E-state index is -0.749. The average molecular weight is 329 g/mol. The molecule has 3 N–H and O–H groups in total. The molecule has 6 heteroatoms. The van der Waals surface area contributed by atoms with Gasteiger partial charge in [-0.1, -0.05) is 22.9 Å². The molecule has 0 radical (unpaired) electrons. The molecule has 2 amide bonds. The molecule has 19 heavy (non-hydrogen) atoms. The van der Waals surface area contributed by atoms with Gasteiger partial charge in [-0.25, -0.2) is 0 Å². The lowest BCUT2D eigenvalue weighted by Crippen LogP contribution is -2.43. The van der Waals surface area contributed by atoms with Gasteiger partial charge in [0.05, 0.1) is 12.6 Å². The van der Waals surface area contributed by atoms with E-state index in [9.17, 15) is 9.59 Å². The van der Waals surface area contributed by atoms with Gasteiger partial charge < -0.3 is 15.7 Å². The highest BCUT2D eigenvalue weighted by Gasteiger charge is 2.17. The molecule has 0 saturated heterocycles. The first kappa shape index (κ1) is 15.7. The summed E-state index contributed by atoms with van der Waals surface area (Å²) >= 11 is 3.36. The van der Waals surface area contributed by atoms with E-state index in [2.05, 4.69) is 26.6 Å². The minimum absolute atomic E-state index is 0.188. The summed E-state index contributed by atoms with van der Waals surface area (Å²) in [7, 11) is 0. The van der Waals surface area contributed by atoms with E-state index >= 15 is 0 Å². The molecule has 0 aliphatic rings. The van der Waals surface area contributed by atoms with Crippen molar-refractivity contribution in [2.75, 3.05) is 11.9 Å². The molecule has 104 valence electrons. The van der Waals surface area contributed by atoms with Crippen LogP contribution in [0.1, 0.15) is 18.9 Å². The van der Waals surface area contributed by atoms with Gasteiger partial charge in [-0.15, -0.1) is 0 Å². The van der Waals surface area contributed by atoms with Gasteiger partial charge in [0.1, 0.15) is 0 Å². The Hall–Kier alpha value is -1.40. The van der Waals surface area contributed by atoms with Gasteiger partial charge >= 0.3 is 11.8 Å². The van der Waals surface area contributed by atoms with Crippen LogP contribution in [-0.4, -0.2) is 29.6 Å². The Morgan fingerprint density at radius 1 is 1.37 bits per heavy atom. The van der Waals surface area contributed by atoms with Crippen molar-refractivity contribution in [3.63, 3.8) is 0 Å². The molecule has 1 atom stereocenters. The lowest BCUT2D eigenvalue weighted by atomic mass is 10.2. The number of rotatable bonds is 4. The number of amides is 2. The number of aryl methyl sites for hydroxylation is 1. The van der Waals surface area contributed by atoms with Crippen LogP contribution in [0, 0.1) is 6.92 Å². The fraction of sp³-hybridized carbons (Fsp3) is 0.385. The van der Waals surface area contributed by atoms with E-state index in [1.165, 1.54) is 0 Å². The highest BCUT2D eigenvalue weighted by atomic mass is 79.9. The molecule has 0 saturated carbocycles. The topological polar surface area (TPSA) is 78.4 Å². The Morgan fingerprint density at radius 2 is 2.05 bits per heavy atom. The highest BCUT2D eigenvalue weighted by molar-refractivity contribution is 9.10. The van der Waals surface area contributed by atoms with E-state index in [0.29, 0.717) is 12.1 Å². The van der Waals surface area contributed by atoms with Crippen LogP contribution in [-0.2, 0) is 9.59 Å². The van der Waals surface area contributed by atoms with Crippen LogP contribution in [0.2, 0.25) is 0 Å². The van der Waals surface area contributed by atoms with E-state index in [-0.39, 0.29) is 6.61 Å². The van der Waals surface area contributed by atoms with Gasteiger partial charge in [-0.3, -0.25) is 9.59 Å². The first-order chi connectivity index (χ1) is 8.97. The van der Waals surface area contributed by atoms with Crippen molar-refractivity contribution in [1.82, 2.24) is 5.32 Å². The maximum absolute atomic E-state index is 11.7. The first-order valence-corrected chi connectivity index (χ1v) is 6.76. The van der Waals surface area contributed by atoms with Crippen molar-refractivity contribution in [1.29, 1.82) is 0 Å². The van der Waals surface area contributed by atoms with Crippen molar-refractivity contribution >= 4 is 33.4 Å². The molecule has 1 aromatic carbocycles. The third kappa shape index (κ3) is 4.65.